The summed E-state index contributed by atoms with van der Waals surface area (Å²) in [4.78, 5) is 0. The number of rotatable bonds is 10. The topological polar surface area (TPSA) is 18.5 Å². The van der Waals surface area contributed by atoms with Gasteiger partial charge in [0.25, 0.3) is 0 Å². The number of hydrogen-bond acceptors (Lipinski definition) is 2. The number of allylic oxidation sites excluding steroid dienone is 2. The van der Waals surface area contributed by atoms with Crippen LogP contribution in [0.5, 0.6) is 0 Å². The molecule has 3 heteroatoms. The first-order valence-electron chi connectivity index (χ1n) is 11.5. The number of hydrogen-bond donors (Lipinski definition) is 0. The monoisotopic (exact) mass is 484 g/mol. The standard InChI is InChI=1S/C12H17O2.3C4H9.Sn/c1-9-5-12(6-10(9)2)7-13-11(3,4)14-8-12;3*1-3-4-2;/h1H,2,5-8H2,3-4H3;3*1,3-4H2,2H3;. The molecule has 0 radical (unpaired) electrons. The van der Waals surface area contributed by atoms with E-state index in [-0.39, 0.29) is 5.41 Å². The minimum absolute atomic E-state index is 0.149. The van der Waals surface area contributed by atoms with E-state index >= 15 is 0 Å². The Morgan fingerprint density at radius 3 is 1.81 bits per heavy atom. The van der Waals surface area contributed by atoms with Crippen LogP contribution in [0.1, 0.15) is 86.0 Å². The van der Waals surface area contributed by atoms with Gasteiger partial charge in [0.1, 0.15) is 0 Å². The van der Waals surface area contributed by atoms with Gasteiger partial charge in [-0.05, 0) is 0 Å². The average Bonchev–Trinajstić information content (AvgIpc) is 2.94. The van der Waals surface area contributed by atoms with Gasteiger partial charge in [0, 0.05) is 0 Å². The van der Waals surface area contributed by atoms with Crippen LogP contribution in [0.3, 0.4) is 0 Å². The Hall–Kier alpha value is 0.199. The summed E-state index contributed by atoms with van der Waals surface area (Å²) in [6.45, 7) is 17.3. The van der Waals surface area contributed by atoms with Crippen molar-refractivity contribution in [3.8, 4) is 0 Å². The molecule has 0 aromatic heterocycles. The van der Waals surface area contributed by atoms with Gasteiger partial charge in [-0.2, -0.15) is 0 Å². The Kier molecular flexibility index (Phi) is 8.95. The van der Waals surface area contributed by atoms with Gasteiger partial charge in [-0.1, -0.05) is 0 Å². The molecule has 27 heavy (non-hydrogen) atoms. The second kappa shape index (κ2) is 10.3. The van der Waals surface area contributed by atoms with Crippen molar-refractivity contribution < 1.29 is 9.47 Å². The van der Waals surface area contributed by atoms with Crippen molar-refractivity contribution in [2.75, 3.05) is 13.2 Å². The molecule has 0 aromatic rings. The van der Waals surface area contributed by atoms with Crippen LogP contribution < -0.4 is 0 Å². The van der Waals surface area contributed by atoms with Crippen molar-refractivity contribution in [1.29, 1.82) is 0 Å². The molecule has 1 aliphatic heterocycles. The zero-order chi connectivity index (χ0) is 20.0. The number of ether oxygens (including phenoxy) is 2. The van der Waals surface area contributed by atoms with Crippen molar-refractivity contribution in [2.45, 2.75) is 105 Å². The molecule has 1 heterocycles. The van der Waals surface area contributed by atoms with Crippen LogP contribution in [0.25, 0.3) is 0 Å². The van der Waals surface area contributed by atoms with Gasteiger partial charge in [0.15, 0.2) is 0 Å². The molecule has 2 nitrogen and oxygen atoms in total. The van der Waals surface area contributed by atoms with E-state index in [1.165, 1.54) is 57.4 Å². The first-order chi connectivity index (χ1) is 12.8. The fourth-order valence-electron chi connectivity index (χ4n) is 4.80. The maximum atomic E-state index is 6.05. The Morgan fingerprint density at radius 2 is 1.37 bits per heavy atom. The molecular weight excluding hydrogens is 439 g/mol. The second-order valence-electron chi connectivity index (χ2n) is 9.78. The summed E-state index contributed by atoms with van der Waals surface area (Å²) in [6, 6.07) is 0. The summed E-state index contributed by atoms with van der Waals surface area (Å²) in [5.41, 5.74) is 3.13. The van der Waals surface area contributed by atoms with Gasteiger partial charge in [-0.15, -0.1) is 0 Å². The van der Waals surface area contributed by atoms with Gasteiger partial charge in [-0.25, -0.2) is 0 Å². The third-order valence-corrected chi connectivity index (χ3v) is 20.9. The van der Waals surface area contributed by atoms with Gasteiger partial charge in [0.05, 0.1) is 0 Å². The van der Waals surface area contributed by atoms with Gasteiger partial charge >= 0.3 is 173 Å². The van der Waals surface area contributed by atoms with Gasteiger partial charge in [0.2, 0.25) is 0 Å². The van der Waals surface area contributed by atoms with Crippen LogP contribution in [0.15, 0.2) is 21.8 Å². The molecule has 1 spiro atoms. The van der Waals surface area contributed by atoms with E-state index in [1.807, 2.05) is 13.8 Å². The van der Waals surface area contributed by atoms with Gasteiger partial charge < -0.3 is 0 Å². The fraction of sp³-hybridized carbons (Fsp3) is 0.833. The van der Waals surface area contributed by atoms with E-state index in [4.69, 9.17) is 9.47 Å². The van der Waals surface area contributed by atoms with Crippen molar-refractivity contribution in [3.05, 3.63) is 21.8 Å². The molecule has 0 unspecified atom stereocenters. The quantitative estimate of drug-likeness (QED) is 0.301. The summed E-state index contributed by atoms with van der Waals surface area (Å²) in [5.74, 6) is -0.425. The predicted octanol–water partition coefficient (Wildman–Crippen LogP) is 7.42. The molecule has 1 saturated carbocycles. The summed E-state index contributed by atoms with van der Waals surface area (Å²) in [5, 5.41) is 0. The van der Waals surface area contributed by atoms with Crippen molar-refractivity contribution in [2.24, 2.45) is 5.41 Å². The van der Waals surface area contributed by atoms with E-state index in [1.54, 1.807) is 5.57 Å². The number of unbranched alkanes of at least 4 members (excludes halogenated alkanes) is 3. The molecule has 0 N–H and O–H groups in total. The van der Waals surface area contributed by atoms with E-state index in [9.17, 15) is 0 Å². The summed E-state index contributed by atoms with van der Waals surface area (Å²) >= 11 is -2.27. The molecule has 0 bridgehead atoms. The Labute approximate surface area is 173 Å². The van der Waals surface area contributed by atoms with Crippen LogP contribution in [0.2, 0.25) is 13.3 Å². The first kappa shape index (κ1) is 23.5. The Balaban J connectivity index is 2.21. The van der Waals surface area contributed by atoms with Crippen LogP contribution in [0, 0.1) is 5.41 Å². The zero-order valence-corrected chi connectivity index (χ0v) is 21.6. The second-order valence-corrected chi connectivity index (χ2v) is 22.7. The summed E-state index contributed by atoms with van der Waals surface area (Å²) < 4.78 is 19.6. The molecule has 2 aliphatic rings. The van der Waals surface area contributed by atoms with Crippen molar-refractivity contribution >= 4 is 18.4 Å². The van der Waals surface area contributed by atoms with Crippen molar-refractivity contribution in [1.82, 2.24) is 0 Å². The fourth-order valence-corrected chi connectivity index (χ4v) is 20.2. The molecule has 2 fully saturated rings. The zero-order valence-electron chi connectivity index (χ0n) is 18.8. The van der Waals surface area contributed by atoms with Crippen molar-refractivity contribution in [3.63, 3.8) is 0 Å². The van der Waals surface area contributed by atoms with E-state index < -0.39 is 24.2 Å². The Morgan fingerprint density at radius 1 is 0.889 bits per heavy atom. The molecule has 0 amide bonds. The van der Waals surface area contributed by atoms with E-state index in [0.29, 0.717) is 0 Å². The molecular formula is C24H44O2Sn. The van der Waals surface area contributed by atoms with E-state index in [2.05, 4.69) is 31.4 Å². The molecule has 1 aliphatic carbocycles. The van der Waals surface area contributed by atoms with E-state index in [0.717, 1.165) is 26.1 Å². The van der Waals surface area contributed by atoms with Gasteiger partial charge in [-0.3, -0.25) is 0 Å². The predicted molar refractivity (Wildman–Crippen MR) is 120 cm³/mol. The van der Waals surface area contributed by atoms with Crippen LogP contribution in [-0.2, 0) is 9.47 Å². The molecule has 0 atom stereocenters. The molecule has 156 valence electrons. The Bertz CT molecular complexity index is 489. The molecule has 0 aromatic carbocycles. The molecule has 2 rings (SSSR count). The SMILES string of the molecule is C=C1CC2(COC(C)(C)OC2)C/C1=[CH]/[Sn]([CH2]CCC)([CH2]CCC)[CH2]CCC. The van der Waals surface area contributed by atoms with Crippen LogP contribution >= 0.6 is 0 Å². The average molecular weight is 483 g/mol. The van der Waals surface area contributed by atoms with Crippen LogP contribution in [0.4, 0.5) is 0 Å². The normalized spacial score (nSPS) is 23.4. The molecule has 1 saturated heterocycles. The third kappa shape index (κ3) is 6.60. The minimum atomic E-state index is -2.27. The summed E-state index contributed by atoms with van der Waals surface area (Å²) in [7, 11) is 0. The third-order valence-electron chi connectivity index (χ3n) is 6.62. The van der Waals surface area contributed by atoms with Crippen LogP contribution in [-0.4, -0.2) is 37.4 Å². The summed E-state index contributed by atoms with van der Waals surface area (Å²) in [6.07, 6.45) is 10.5. The first-order valence-corrected chi connectivity index (χ1v) is 19.2. The maximum absolute atomic E-state index is 6.05.